The van der Waals surface area contributed by atoms with Gasteiger partial charge in [-0.1, -0.05) is 43.1 Å². The van der Waals surface area contributed by atoms with Crippen LogP contribution in [0.1, 0.15) is 64.9 Å². The summed E-state index contributed by atoms with van der Waals surface area (Å²) < 4.78 is 17.4. The lowest BCUT2D eigenvalue weighted by atomic mass is 9.68. The van der Waals surface area contributed by atoms with E-state index in [2.05, 4.69) is 35.1 Å². The zero-order valence-electron chi connectivity index (χ0n) is 18.4. The third-order valence-electron chi connectivity index (χ3n) is 5.99. The second-order valence-electron chi connectivity index (χ2n) is 9.15. The van der Waals surface area contributed by atoms with Gasteiger partial charge in [-0.05, 0) is 42.9 Å². The average Bonchev–Trinajstić information content (AvgIpc) is 3.12. The van der Waals surface area contributed by atoms with E-state index in [1.807, 2.05) is 26.0 Å². The number of hydrogen-bond acceptors (Lipinski definition) is 6. The molecule has 0 bridgehead atoms. The molecule has 4 rings (SSSR count). The number of hydrogen-bond donors (Lipinski definition) is 1. The number of allylic oxidation sites excluding steroid dienone is 3. The van der Waals surface area contributed by atoms with Gasteiger partial charge in [-0.2, -0.15) is 0 Å². The molecule has 0 unspecified atom stereocenters. The van der Waals surface area contributed by atoms with E-state index in [9.17, 15) is 9.59 Å². The highest BCUT2D eigenvalue weighted by Gasteiger charge is 2.44. The molecule has 166 valence electrons. The maximum atomic E-state index is 13.4. The van der Waals surface area contributed by atoms with Crippen LogP contribution in [-0.4, -0.2) is 25.2 Å². The normalized spacial score (nSPS) is 21.7. The van der Waals surface area contributed by atoms with Gasteiger partial charge in [0.05, 0.1) is 12.2 Å². The van der Waals surface area contributed by atoms with Gasteiger partial charge >= 0.3 is 5.97 Å². The number of ketones is 1. The van der Waals surface area contributed by atoms with E-state index >= 15 is 0 Å². The number of carbonyl (C=O) groups excluding carboxylic acids is 2. The number of nitrogens with one attached hydrogen (secondary N) is 1. The van der Waals surface area contributed by atoms with Crippen LogP contribution in [-0.2, 0) is 14.3 Å². The zero-order chi connectivity index (χ0) is 22.3. The molecule has 3 aliphatic rings. The quantitative estimate of drug-likeness (QED) is 0.456. The second kappa shape index (κ2) is 8.34. The lowest BCUT2D eigenvalue weighted by Crippen LogP contribution is -2.38. The first-order chi connectivity index (χ1) is 14.7. The van der Waals surface area contributed by atoms with Crippen molar-refractivity contribution in [3.05, 3.63) is 44.7 Å². The fourth-order valence-electron chi connectivity index (χ4n) is 4.56. The summed E-state index contributed by atoms with van der Waals surface area (Å²) in [5.74, 6) is 0.385. The molecule has 0 amide bonds. The summed E-state index contributed by atoms with van der Waals surface area (Å²) >= 11 is 3.64. The van der Waals surface area contributed by atoms with Gasteiger partial charge in [0.15, 0.2) is 17.3 Å². The standard InChI is InChI=1S/C24H28BrNO5/c1-5-6-7-29-23(28)20-13(2)26-16-10-24(3,4)11-17(27)22(16)21(20)14-8-18-19(9-15(14)25)31-12-30-18/h8-9,21,26H,5-7,10-12H2,1-4H3/t21-/m1/s1. The number of halogens is 1. The Morgan fingerprint density at radius 1 is 1.26 bits per heavy atom. The van der Waals surface area contributed by atoms with Crippen LogP contribution >= 0.6 is 15.9 Å². The monoisotopic (exact) mass is 489 g/mol. The maximum absolute atomic E-state index is 13.4. The predicted octanol–water partition coefficient (Wildman–Crippen LogP) is 5.13. The van der Waals surface area contributed by atoms with Crippen molar-refractivity contribution < 1.29 is 23.8 Å². The third-order valence-corrected chi connectivity index (χ3v) is 6.68. The van der Waals surface area contributed by atoms with Gasteiger partial charge in [-0.3, -0.25) is 4.79 Å². The van der Waals surface area contributed by atoms with Crippen molar-refractivity contribution in [2.75, 3.05) is 13.4 Å². The van der Waals surface area contributed by atoms with Gasteiger partial charge < -0.3 is 19.5 Å². The number of benzene rings is 1. The minimum atomic E-state index is -0.530. The molecule has 6 nitrogen and oxygen atoms in total. The summed E-state index contributed by atoms with van der Waals surface area (Å²) in [6.07, 6.45) is 2.90. The van der Waals surface area contributed by atoms with Crippen molar-refractivity contribution in [1.82, 2.24) is 5.32 Å². The predicted molar refractivity (Wildman–Crippen MR) is 120 cm³/mol. The van der Waals surface area contributed by atoms with E-state index < -0.39 is 11.9 Å². The first-order valence-electron chi connectivity index (χ1n) is 10.7. The Balaban J connectivity index is 1.84. The molecule has 0 aromatic heterocycles. The van der Waals surface area contributed by atoms with Crippen LogP contribution in [0.2, 0.25) is 0 Å². The molecule has 1 aromatic carbocycles. The minimum Gasteiger partial charge on any atom is -0.462 e. The lowest BCUT2D eigenvalue weighted by molar-refractivity contribution is -0.139. The van der Waals surface area contributed by atoms with Crippen LogP contribution in [0.3, 0.4) is 0 Å². The summed E-state index contributed by atoms with van der Waals surface area (Å²) in [6.45, 7) is 8.62. The summed E-state index contributed by atoms with van der Waals surface area (Å²) in [7, 11) is 0. The summed E-state index contributed by atoms with van der Waals surface area (Å²) in [6, 6.07) is 3.71. The van der Waals surface area contributed by atoms with E-state index in [4.69, 9.17) is 14.2 Å². The Morgan fingerprint density at radius 2 is 1.97 bits per heavy atom. The summed E-state index contributed by atoms with van der Waals surface area (Å²) in [5.41, 5.74) is 3.39. The largest absolute Gasteiger partial charge is 0.462 e. The fourth-order valence-corrected chi connectivity index (χ4v) is 5.11. The maximum Gasteiger partial charge on any atom is 0.336 e. The van der Waals surface area contributed by atoms with Gasteiger partial charge in [0.25, 0.3) is 0 Å². The van der Waals surface area contributed by atoms with E-state index in [-0.39, 0.29) is 18.0 Å². The van der Waals surface area contributed by atoms with Crippen LogP contribution in [0.4, 0.5) is 0 Å². The molecule has 2 aliphatic heterocycles. The topological polar surface area (TPSA) is 73.9 Å². The molecule has 0 saturated carbocycles. The smallest absolute Gasteiger partial charge is 0.336 e. The van der Waals surface area contributed by atoms with Gasteiger partial charge in [-0.25, -0.2) is 4.79 Å². The van der Waals surface area contributed by atoms with E-state index in [1.54, 1.807) is 0 Å². The van der Waals surface area contributed by atoms with Crippen LogP contribution in [0.5, 0.6) is 11.5 Å². The molecular formula is C24H28BrNO5. The first kappa shape index (κ1) is 21.9. The van der Waals surface area contributed by atoms with Gasteiger partial charge in [0, 0.05) is 33.8 Å². The van der Waals surface area contributed by atoms with Crippen LogP contribution < -0.4 is 14.8 Å². The van der Waals surface area contributed by atoms with Crippen molar-refractivity contribution in [3.63, 3.8) is 0 Å². The highest BCUT2D eigenvalue weighted by atomic mass is 79.9. The molecule has 2 heterocycles. The fraction of sp³-hybridized carbons (Fsp3) is 0.500. The summed E-state index contributed by atoms with van der Waals surface area (Å²) in [5, 5.41) is 3.36. The van der Waals surface area contributed by atoms with Gasteiger partial charge in [0.2, 0.25) is 6.79 Å². The van der Waals surface area contributed by atoms with Crippen molar-refractivity contribution in [3.8, 4) is 11.5 Å². The number of carbonyl (C=O) groups is 2. The highest BCUT2D eigenvalue weighted by molar-refractivity contribution is 9.10. The van der Waals surface area contributed by atoms with Crippen LogP contribution in [0.15, 0.2) is 39.1 Å². The van der Waals surface area contributed by atoms with E-state index in [0.29, 0.717) is 35.7 Å². The van der Waals surface area contributed by atoms with Gasteiger partial charge in [-0.15, -0.1) is 0 Å². The number of rotatable bonds is 5. The third kappa shape index (κ3) is 4.12. The number of Topliss-reactive ketones (excluding diaryl/α,β-unsaturated/α-hetero) is 1. The number of fused-ring (bicyclic) bond motifs is 1. The lowest BCUT2D eigenvalue weighted by Gasteiger charge is -2.39. The van der Waals surface area contributed by atoms with Crippen molar-refractivity contribution in [2.24, 2.45) is 5.41 Å². The molecule has 0 fully saturated rings. The number of dihydropyridines is 1. The Morgan fingerprint density at radius 3 is 2.68 bits per heavy atom. The molecule has 0 spiro atoms. The van der Waals surface area contributed by atoms with Crippen LogP contribution in [0.25, 0.3) is 0 Å². The van der Waals surface area contributed by atoms with Crippen LogP contribution in [0, 0.1) is 5.41 Å². The van der Waals surface area contributed by atoms with Crippen molar-refractivity contribution in [2.45, 2.75) is 59.3 Å². The van der Waals surface area contributed by atoms with Crippen molar-refractivity contribution >= 4 is 27.7 Å². The Kier molecular flexibility index (Phi) is 5.90. The Hall–Kier alpha value is -2.28. The summed E-state index contributed by atoms with van der Waals surface area (Å²) in [4.78, 5) is 26.6. The Bertz CT molecular complexity index is 1010. The molecule has 1 N–H and O–H groups in total. The molecule has 1 aromatic rings. The number of ether oxygens (including phenoxy) is 3. The highest BCUT2D eigenvalue weighted by Crippen LogP contribution is 2.50. The van der Waals surface area contributed by atoms with Crippen molar-refractivity contribution in [1.29, 1.82) is 0 Å². The molecule has 0 saturated heterocycles. The minimum absolute atomic E-state index is 0.0553. The van der Waals surface area contributed by atoms with Gasteiger partial charge in [0.1, 0.15) is 0 Å². The first-order valence-corrected chi connectivity index (χ1v) is 11.5. The number of esters is 1. The van der Waals surface area contributed by atoms with E-state index in [0.717, 1.165) is 40.7 Å². The Labute approximate surface area is 191 Å². The molecule has 1 atom stereocenters. The van der Waals surface area contributed by atoms with E-state index in [1.165, 1.54) is 0 Å². The number of unbranched alkanes of at least 4 members (excludes halogenated alkanes) is 1. The SMILES string of the molecule is CCCCOC(=O)C1=C(C)NC2=C(C(=O)CC(C)(C)C2)[C@@H]1c1cc2c(cc1Br)OCO2. The molecule has 1 aliphatic carbocycles. The molecule has 0 radical (unpaired) electrons. The molecular weight excluding hydrogens is 462 g/mol. The molecule has 31 heavy (non-hydrogen) atoms. The second-order valence-corrected chi connectivity index (χ2v) is 10.0. The molecule has 7 heteroatoms. The average molecular weight is 490 g/mol. The zero-order valence-corrected chi connectivity index (χ0v) is 20.0.